The highest BCUT2D eigenvalue weighted by Crippen LogP contribution is 2.36. The summed E-state index contributed by atoms with van der Waals surface area (Å²) >= 11 is 0. The van der Waals surface area contributed by atoms with Crippen LogP contribution in [-0.4, -0.2) is 106 Å². The zero-order chi connectivity index (χ0) is 34.4. The van der Waals surface area contributed by atoms with Crippen molar-refractivity contribution in [1.29, 1.82) is 0 Å². The highest BCUT2D eigenvalue weighted by Gasteiger charge is 2.49. The van der Waals surface area contributed by atoms with E-state index in [1.165, 1.54) is 33.5 Å². The molecule has 0 bridgehead atoms. The monoisotopic (exact) mass is 696 g/mol. The highest BCUT2D eigenvalue weighted by atomic mass is 32.2. The maximum Gasteiger partial charge on any atom is 0.407 e. The van der Waals surface area contributed by atoms with Gasteiger partial charge in [-0.2, -0.15) is 4.31 Å². The first kappa shape index (κ1) is 37.0. The molecule has 0 unspecified atom stereocenters. The van der Waals surface area contributed by atoms with Crippen LogP contribution in [0.4, 0.5) is 10.5 Å². The first-order chi connectivity index (χ1) is 22.1. The molecule has 1 amide bonds. The predicted octanol–water partition coefficient (Wildman–Crippen LogP) is 2.72. The number of unbranched alkanes of at least 4 members (excludes halogenated alkanes) is 1. The molecule has 0 spiro atoms. The second kappa shape index (κ2) is 15.6. The second-order valence-corrected chi connectivity index (χ2v) is 17.0. The number of nitrogens with one attached hydrogen (secondary N) is 1. The fraction of sp³-hybridized carbons (Fsp3) is 0.594. The molecular formula is C32H48N4O9S2. The number of anilines is 1. The van der Waals surface area contributed by atoms with Crippen LogP contribution in [0.15, 0.2) is 59.5 Å². The largest absolute Gasteiger partial charge is 0.465 e. The number of ether oxygens (including phenoxy) is 2. The Labute approximate surface area is 278 Å². The smallest absolute Gasteiger partial charge is 0.407 e. The molecule has 2 aromatic carbocycles. The van der Waals surface area contributed by atoms with Gasteiger partial charge >= 0.3 is 6.09 Å². The zero-order valence-electron chi connectivity index (χ0n) is 27.2. The fourth-order valence-corrected chi connectivity index (χ4v) is 8.61. The van der Waals surface area contributed by atoms with Gasteiger partial charge in [-0.15, -0.1) is 0 Å². The molecule has 2 heterocycles. The molecule has 2 aromatic rings. The van der Waals surface area contributed by atoms with E-state index in [4.69, 9.17) is 15.2 Å². The Morgan fingerprint density at radius 3 is 2.38 bits per heavy atom. The molecule has 15 heteroatoms. The molecule has 262 valence electrons. The summed E-state index contributed by atoms with van der Waals surface area (Å²) in [5.74, 6) is -0.206. The van der Waals surface area contributed by atoms with Gasteiger partial charge in [0.05, 0.1) is 42.6 Å². The first-order valence-electron chi connectivity index (χ1n) is 15.8. The highest BCUT2D eigenvalue weighted by molar-refractivity contribution is 7.89. The van der Waals surface area contributed by atoms with Crippen LogP contribution in [0.1, 0.15) is 45.1 Å². The third-order valence-electron chi connectivity index (χ3n) is 8.83. The Morgan fingerprint density at radius 2 is 1.74 bits per heavy atom. The third kappa shape index (κ3) is 10.1. The molecule has 5 N–H and O–H groups in total. The molecule has 0 saturated carbocycles. The number of nitrogens with two attached hydrogens (primary N) is 1. The Bertz CT molecular complexity index is 1540. The van der Waals surface area contributed by atoms with Crippen LogP contribution in [0.3, 0.4) is 0 Å². The standard InChI is InChI=1S/C32H48N4O9S2/c1-32(2,16-7-8-17-34-46(3,40)41)22-35(47(42,43)25-13-11-24(33)12-14-25)20-29(37)27(19-23-9-5-4-6-10-23)36(31(38)39)28-21-45-30-26(28)15-18-44-30/h4-6,9-14,26-30,34,37H,7-8,15-22,33H2,1-3H3,(H,38,39)/t26-,27+,28-,29-,30+/m1/s1. The van der Waals surface area contributed by atoms with E-state index < -0.39 is 56.0 Å². The molecule has 0 radical (unpaired) electrons. The molecule has 2 saturated heterocycles. The first-order valence-corrected chi connectivity index (χ1v) is 19.2. The van der Waals surface area contributed by atoms with Crippen LogP contribution in [0.2, 0.25) is 0 Å². The van der Waals surface area contributed by atoms with Crippen molar-refractivity contribution in [3.63, 3.8) is 0 Å². The average Bonchev–Trinajstić information content (AvgIpc) is 3.61. The summed E-state index contributed by atoms with van der Waals surface area (Å²) in [5, 5.41) is 22.5. The summed E-state index contributed by atoms with van der Waals surface area (Å²) in [6.07, 6.45) is 0.446. The van der Waals surface area contributed by atoms with Crippen molar-refractivity contribution in [3.05, 3.63) is 60.2 Å². The van der Waals surface area contributed by atoms with Crippen molar-refractivity contribution in [2.24, 2.45) is 11.3 Å². The number of nitrogen functional groups attached to an aromatic ring is 1. The van der Waals surface area contributed by atoms with Crippen molar-refractivity contribution >= 4 is 31.8 Å². The number of fused-ring (bicyclic) bond motifs is 1. The van der Waals surface area contributed by atoms with E-state index >= 15 is 0 Å². The summed E-state index contributed by atoms with van der Waals surface area (Å²) in [6, 6.07) is 13.4. The maximum absolute atomic E-state index is 14.2. The average molecular weight is 697 g/mol. The number of aliphatic hydroxyl groups is 1. The quantitative estimate of drug-likeness (QED) is 0.141. The topological polar surface area (TPSA) is 189 Å². The molecule has 5 atom stereocenters. The molecule has 47 heavy (non-hydrogen) atoms. The Balaban J connectivity index is 1.63. The van der Waals surface area contributed by atoms with Crippen LogP contribution >= 0.6 is 0 Å². The predicted molar refractivity (Wildman–Crippen MR) is 177 cm³/mol. The SMILES string of the molecule is CC(C)(CCCCNS(C)(=O)=O)CN(C[C@@H](O)[C@H](Cc1ccccc1)N(C(=O)O)[C@@H]1CO[C@@H]2OCC[C@@H]21)S(=O)(=O)c1ccc(N)cc1. The lowest BCUT2D eigenvalue weighted by molar-refractivity contribution is -0.0906. The van der Waals surface area contributed by atoms with Gasteiger partial charge < -0.3 is 25.4 Å². The minimum absolute atomic E-state index is 0.00288. The Hall–Kier alpha value is -2.79. The van der Waals surface area contributed by atoms with Crippen LogP contribution in [0, 0.1) is 11.3 Å². The molecule has 0 aromatic heterocycles. The van der Waals surface area contributed by atoms with E-state index in [9.17, 15) is 31.8 Å². The lowest BCUT2D eigenvalue weighted by atomic mass is 9.87. The number of sulfonamides is 2. The van der Waals surface area contributed by atoms with Crippen molar-refractivity contribution in [1.82, 2.24) is 13.9 Å². The summed E-state index contributed by atoms with van der Waals surface area (Å²) in [7, 11) is -7.49. The van der Waals surface area contributed by atoms with Gasteiger partial charge in [-0.25, -0.2) is 26.4 Å². The molecule has 2 aliphatic rings. The minimum atomic E-state index is -4.17. The van der Waals surface area contributed by atoms with E-state index in [1.807, 2.05) is 44.2 Å². The number of carboxylic acid groups (broad SMARTS) is 1. The number of hydrogen-bond donors (Lipinski definition) is 4. The van der Waals surface area contributed by atoms with Gasteiger partial charge in [0.2, 0.25) is 20.0 Å². The summed E-state index contributed by atoms with van der Waals surface area (Å²) in [4.78, 5) is 14.2. The minimum Gasteiger partial charge on any atom is -0.465 e. The molecule has 2 fully saturated rings. The lowest BCUT2D eigenvalue weighted by Crippen LogP contribution is -2.58. The van der Waals surface area contributed by atoms with Gasteiger partial charge in [-0.3, -0.25) is 4.90 Å². The van der Waals surface area contributed by atoms with Crippen LogP contribution in [-0.2, 0) is 35.9 Å². The molecular weight excluding hydrogens is 649 g/mol. The summed E-state index contributed by atoms with van der Waals surface area (Å²) in [6.45, 7) is 4.29. The lowest BCUT2D eigenvalue weighted by Gasteiger charge is -2.40. The van der Waals surface area contributed by atoms with E-state index in [0.717, 1.165) is 11.8 Å². The Kier molecular flexibility index (Phi) is 12.3. The fourth-order valence-electron chi connectivity index (χ4n) is 6.44. The summed E-state index contributed by atoms with van der Waals surface area (Å²) < 4.78 is 66.3. The van der Waals surface area contributed by atoms with E-state index in [1.54, 1.807) is 0 Å². The van der Waals surface area contributed by atoms with Crippen LogP contribution in [0.5, 0.6) is 0 Å². The van der Waals surface area contributed by atoms with Gasteiger partial charge in [0.1, 0.15) is 0 Å². The van der Waals surface area contributed by atoms with E-state index in [-0.39, 0.29) is 43.5 Å². The maximum atomic E-state index is 14.2. The molecule has 13 nitrogen and oxygen atoms in total. The van der Waals surface area contributed by atoms with Crippen LogP contribution < -0.4 is 10.5 Å². The van der Waals surface area contributed by atoms with Gasteiger partial charge in [0.15, 0.2) is 6.29 Å². The number of amides is 1. The molecule has 2 aliphatic heterocycles. The second-order valence-electron chi connectivity index (χ2n) is 13.3. The van der Waals surface area contributed by atoms with Crippen LogP contribution in [0.25, 0.3) is 0 Å². The van der Waals surface area contributed by atoms with Gasteiger partial charge in [0.25, 0.3) is 0 Å². The van der Waals surface area contributed by atoms with Crippen molar-refractivity contribution in [2.45, 2.75) is 75.3 Å². The van der Waals surface area contributed by atoms with E-state index in [2.05, 4.69) is 4.72 Å². The number of rotatable bonds is 17. The van der Waals surface area contributed by atoms with Crippen molar-refractivity contribution < 1.29 is 41.3 Å². The van der Waals surface area contributed by atoms with Gasteiger partial charge in [0, 0.05) is 31.2 Å². The number of benzene rings is 2. The molecule has 0 aliphatic carbocycles. The number of carbonyl (C=O) groups is 1. The number of hydrogen-bond acceptors (Lipinski definition) is 9. The third-order valence-corrected chi connectivity index (χ3v) is 11.4. The van der Waals surface area contributed by atoms with Crippen molar-refractivity contribution in [2.75, 3.05) is 44.8 Å². The normalized spacial score (nSPS) is 21.4. The molecule has 4 rings (SSSR count). The van der Waals surface area contributed by atoms with Gasteiger partial charge in [-0.1, -0.05) is 50.6 Å². The number of nitrogens with zero attached hydrogens (tertiary/aromatic N) is 2. The van der Waals surface area contributed by atoms with Gasteiger partial charge in [-0.05, 0) is 60.9 Å². The zero-order valence-corrected chi connectivity index (χ0v) is 28.8. The number of aliphatic hydroxyl groups excluding tert-OH is 1. The Morgan fingerprint density at radius 1 is 1.06 bits per heavy atom. The van der Waals surface area contributed by atoms with E-state index in [0.29, 0.717) is 38.0 Å². The van der Waals surface area contributed by atoms with Crippen molar-refractivity contribution in [3.8, 4) is 0 Å². The summed E-state index contributed by atoms with van der Waals surface area (Å²) in [5.41, 5.74) is 6.44.